The maximum absolute atomic E-state index is 6.00. The van der Waals surface area contributed by atoms with Gasteiger partial charge in [0, 0.05) is 30.8 Å². The fraction of sp³-hybridized carbons (Fsp3) is 0.269. The highest BCUT2D eigenvalue weighted by atomic mass is 16.5. The molecular formula is C26H29N3O. The Hall–Kier alpha value is -3.11. The number of aromatic nitrogens is 2. The van der Waals surface area contributed by atoms with Crippen molar-refractivity contribution < 1.29 is 4.74 Å². The van der Waals surface area contributed by atoms with E-state index >= 15 is 0 Å². The Balaban J connectivity index is 1.72. The number of hydrogen-bond acceptors (Lipinski definition) is 3. The van der Waals surface area contributed by atoms with Gasteiger partial charge in [0.15, 0.2) is 0 Å². The van der Waals surface area contributed by atoms with Crippen LogP contribution in [-0.4, -0.2) is 28.7 Å². The van der Waals surface area contributed by atoms with Crippen LogP contribution in [0.25, 0.3) is 22.4 Å². The number of ether oxygens (including phenoxy) is 1. The third kappa shape index (κ3) is 4.71. The molecule has 4 nitrogen and oxygen atoms in total. The summed E-state index contributed by atoms with van der Waals surface area (Å²) in [7, 11) is 0. The standard InChI is InChI=1S/C26H29N3O/c1-19(2)27-14-15-30-23-12-13-24-25(17-23)29(18-21-9-5-4-6-10-21)26(28-24)22-11-7-8-20(3)16-22/h4-13,16-17,19,27H,14-15,18H2,1-3H3. The van der Waals surface area contributed by atoms with E-state index in [0.29, 0.717) is 12.6 Å². The third-order valence-electron chi connectivity index (χ3n) is 5.10. The first-order valence-electron chi connectivity index (χ1n) is 10.6. The molecule has 0 aliphatic heterocycles. The van der Waals surface area contributed by atoms with Crippen LogP contribution in [0.3, 0.4) is 0 Å². The zero-order chi connectivity index (χ0) is 20.9. The molecular weight excluding hydrogens is 370 g/mol. The molecule has 4 heteroatoms. The monoisotopic (exact) mass is 399 g/mol. The van der Waals surface area contributed by atoms with E-state index in [0.717, 1.165) is 41.3 Å². The highest BCUT2D eigenvalue weighted by Crippen LogP contribution is 2.29. The lowest BCUT2D eigenvalue weighted by molar-refractivity contribution is 0.309. The summed E-state index contributed by atoms with van der Waals surface area (Å²) in [5.41, 5.74) is 5.68. The van der Waals surface area contributed by atoms with Crippen molar-refractivity contribution >= 4 is 11.0 Å². The summed E-state index contributed by atoms with van der Waals surface area (Å²) in [6.45, 7) is 8.63. The van der Waals surface area contributed by atoms with Crippen LogP contribution in [0.2, 0.25) is 0 Å². The number of nitrogens with zero attached hydrogens (tertiary/aromatic N) is 2. The first kappa shape index (κ1) is 20.2. The topological polar surface area (TPSA) is 39.1 Å². The number of aryl methyl sites for hydroxylation is 1. The van der Waals surface area contributed by atoms with Gasteiger partial charge in [0.2, 0.25) is 0 Å². The molecule has 0 bridgehead atoms. The van der Waals surface area contributed by atoms with Crippen LogP contribution < -0.4 is 10.1 Å². The van der Waals surface area contributed by atoms with Gasteiger partial charge in [-0.05, 0) is 30.7 Å². The molecule has 154 valence electrons. The van der Waals surface area contributed by atoms with Crippen LogP contribution in [0.5, 0.6) is 5.75 Å². The Morgan fingerprint density at radius 2 is 1.80 bits per heavy atom. The number of rotatable bonds is 8. The molecule has 0 aliphatic carbocycles. The van der Waals surface area contributed by atoms with Gasteiger partial charge in [0.1, 0.15) is 18.2 Å². The van der Waals surface area contributed by atoms with E-state index in [1.807, 2.05) is 12.1 Å². The largest absolute Gasteiger partial charge is 0.492 e. The van der Waals surface area contributed by atoms with Crippen LogP contribution in [0.15, 0.2) is 72.8 Å². The van der Waals surface area contributed by atoms with E-state index in [4.69, 9.17) is 9.72 Å². The SMILES string of the molecule is Cc1cccc(-c2nc3ccc(OCCNC(C)C)cc3n2Cc2ccccc2)c1. The molecule has 0 aliphatic rings. The van der Waals surface area contributed by atoms with Crippen LogP contribution >= 0.6 is 0 Å². The van der Waals surface area contributed by atoms with Gasteiger partial charge in [-0.1, -0.05) is 67.9 Å². The van der Waals surface area contributed by atoms with Crippen LogP contribution in [-0.2, 0) is 6.54 Å². The molecule has 4 rings (SSSR count). The second-order valence-corrected chi connectivity index (χ2v) is 7.98. The third-order valence-corrected chi connectivity index (χ3v) is 5.10. The Bertz CT molecular complexity index is 1120. The lowest BCUT2D eigenvalue weighted by Gasteiger charge is -2.12. The molecule has 0 unspecified atom stereocenters. The van der Waals surface area contributed by atoms with Gasteiger partial charge in [-0.3, -0.25) is 0 Å². The van der Waals surface area contributed by atoms with E-state index in [1.54, 1.807) is 0 Å². The van der Waals surface area contributed by atoms with Gasteiger partial charge in [0.05, 0.1) is 11.0 Å². The molecule has 0 saturated carbocycles. The number of nitrogens with one attached hydrogen (secondary N) is 1. The minimum atomic E-state index is 0.459. The molecule has 0 fully saturated rings. The first-order chi connectivity index (χ1) is 14.6. The predicted octanol–water partition coefficient (Wildman–Crippen LogP) is 5.44. The van der Waals surface area contributed by atoms with Crippen molar-refractivity contribution in [1.82, 2.24) is 14.9 Å². The summed E-state index contributed by atoms with van der Waals surface area (Å²) < 4.78 is 8.29. The van der Waals surface area contributed by atoms with Crippen molar-refractivity contribution in [2.45, 2.75) is 33.4 Å². The highest BCUT2D eigenvalue weighted by Gasteiger charge is 2.14. The Morgan fingerprint density at radius 1 is 0.967 bits per heavy atom. The number of hydrogen-bond donors (Lipinski definition) is 1. The fourth-order valence-corrected chi connectivity index (χ4v) is 3.64. The normalized spacial score (nSPS) is 11.3. The number of benzene rings is 3. The van der Waals surface area contributed by atoms with Gasteiger partial charge in [-0.2, -0.15) is 0 Å². The summed E-state index contributed by atoms with van der Waals surface area (Å²) in [4.78, 5) is 4.98. The molecule has 0 atom stereocenters. The zero-order valence-corrected chi connectivity index (χ0v) is 17.9. The minimum Gasteiger partial charge on any atom is -0.492 e. The maximum atomic E-state index is 6.00. The molecule has 4 aromatic rings. The molecule has 0 amide bonds. The van der Waals surface area contributed by atoms with Crippen molar-refractivity contribution in [3.63, 3.8) is 0 Å². The summed E-state index contributed by atoms with van der Waals surface area (Å²) in [5, 5.41) is 3.39. The van der Waals surface area contributed by atoms with Gasteiger partial charge < -0.3 is 14.6 Å². The fourth-order valence-electron chi connectivity index (χ4n) is 3.64. The molecule has 30 heavy (non-hydrogen) atoms. The molecule has 3 aromatic carbocycles. The van der Waals surface area contributed by atoms with Crippen molar-refractivity contribution in [1.29, 1.82) is 0 Å². The number of fused-ring (bicyclic) bond motifs is 1. The minimum absolute atomic E-state index is 0.459. The van der Waals surface area contributed by atoms with Crippen molar-refractivity contribution in [2.75, 3.05) is 13.2 Å². The summed E-state index contributed by atoms with van der Waals surface area (Å²) in [5.74, 6) is 1.86. The van der Waals surface area contributed by atoms with Gasteiger partial charge in [-0.25, -0.2) is 4.98 Å². The van der Waals surface area contributed by atoms with E-state index in [-0.39, 0.29) is 0 Å². The number of imidazole rings is 1. The van der Waals surface area contributed by atoms with Crippen LogP contribution in [0.1, 0.15) is 25.0 Å². The zero-order valence-electron chi connectivity index (χ0n) is 17.9. The maximum Gasteiger partial charge on any atom is 0.141 e. The van der Waals surface area contributed by atoms with Crippen molar-refractivity contribution in [3.05, 3.63) is 83.9 Å². The molecule has 0 spiro atoms. The average Bonchev–Trinajstić information content (AvgIpc) is 3.10. The van der Waals surface area contributed by atoms with Gasteiger partial charge in [0.25, 0.3) is 0 Å². The molecule has 0 saturated heterocycles. The second-order valence-electron chi connectivity index (χ2n) is 7.98. The van der Waals surface area contributed by atoms with E-state index in [1.165, 1.54) is 11.1 Å². The summed E-state index contributed by atoms with van der Waals surface area (Å²) in [6, 6.07) is 25.7. The average molecular weight is 400 g/mol. The molecule has 1 N–H and O–H groups in total. The lowest BCUT2D eigenvalue weighted by atomic mass is 10.1. The van der Waals surface area contributed by atoms with Crippen molar-refractivity contribution in [2.24, 2.45) is 0 Å². The van der Waals surface area contributed by atoms with Crippen molar-refractivity contribution in [3.8, 4) is 17.1 Å². The second kappa shape index (κ2) is 9.14. The summed E-state index contributed by atoms with van der Waals surface area (Å²) in [6.07, 6.45) is 0. The quantitative estimate of drug-likeness (QED) is 0.401. The Labute approximate surface area is 178 Å². The Morgan fingerprint density at radius 3 is 2.57 bits per heavy atom. The predicted molar refractivity (Wildman–Crippen MR) is 124 cm³/mol. The summed E-state index contributed by atoms with van der Waals surface area (Å²) >= 11 is 0. The molecule has 1 heterocycles. The first-order valence-corrected chi connectivity index (χ1v) is 10.6. The Kier molecular flexibility index (Phi) is 6.15. The molecule has 1 aromatic heterocycles. The van der Waals surface area contributed by atoms with E-state index in [2.05, 4.69) is 91.3 Å². The van der Waals surface area contributed by atoms with Gasteiger partial charge >= 0.3 is 0 Å². The highest BCUT2D eigenvalue weighted by molar-refractivity contribution is 5.82. The lowest BCUT2D eigenvalue weighted by Crippen LogP contribution is -2.27. The van der Waals surface area contributed by atoms with Crippen LogP contribution in [0, 0.1) is 6.92 Å². The smallest absolute Gasteiger partial charge is 0.141 e. The molecule has 0 radical (unpaired) electrons. The van der Waals surface area contributed by atoms with E-state index in [9.17, 15) is 0 Å². The van der Waals surface area contributed by atoms with E-state index < -0.39 is 0 Å². The van der Waals surface area contributed by atoms with Gasteiger partial charge in [-0.15, -0.1) is 0 Å². The van der Waals surface area contributed by atoms with Crippen LogP contribution in [0.4, 0.5) is 0 Å².